The van der Waals surface area contributed by atoms with Crippen LogP contribution in [0.25, 0.3) is 0 Å². The second kappa shape index (κ2) is 5.47. The summed E-state index contributed by atoms with van der Waals surface area (Å²) in [4.78, 5) is 11.6. The van der Waals surface area contributed by atoms with E-state index in [2.05, 4.69) is 5.32 Å². The fourth-order valence-electron chi connectivity index (χ4n) is 1.99. The highest BCUT2D eigenvalue weighted by atomic mass is 16.3. The molecule has 15 heavy (non-hydrogen) atoms. The Morgan fingerprint density at radius 1 is 1.33 bits per heavy atom. The van der Waals surface area contributed by atoms with Crippen LogP contribution in [0.1, 0.15) is 39.0 Å². The van der Waals surface area contributed by atoms with Crippen molar-refractivity contribution in [3.63, 3.8) is 0 Å². The first-order valence-corrected chi connectivity index (χ1v) is 5.62. The van der Waals surface area contributed by atoms with Crippen molar-refractivity contribution in [1.29, 1.82) is 0 Å². The summed E-state index contributed by atoms with van der Waals surface area (Å²) in [6.45, 7) is 1.17. The SMILES string of the molecule is CC(CO)(CO)NC(=O)CC1CCCC1. The summed E-state index contributed by atoms with van der Waals surface area (Å²) in [6, 6.07) is 0. The predicted octanol–water partition coefficient (Wildman–Crippen LogP) is 0.426. The Morgan fingerprint density at radius 3 is 2.33 bits per heavy atom. The van der Waals surface area contributed by atoms with Gasteiger partial charge >= 0.3 is 0 Å². The van der Waals surface area contributed by atoms with Gasteiger partial charge in [-0.15, -0.1) is 0 Å². The van der Waals surface area contributed by atoms with Crippen LogP contribution < -0.4 is 5.32 Å². The molecule has 0 aliphatic heterocycles. The lowest BCUT2D eigenvalue weighted by Crippen LogP contribution is -2.52. The third kappa shape index (κ3) is 3.80. The van der Waals surface area contributed by atoms with Crippen molar-refractivity contribution in [2.24, 2.45) is 5.92 Å². The molecule has 1 saturated carbocycles. The molecule has 3 N–H and O–H groups in total. The van der Waals surface area contributed by atoms with Gasteiger partial charge in [-0.3, -0.25) is 4.79 Å². The molecule has 88 valence electrons. The highest BCUT2D eigenvalue weighted by Gasteiger charge is 2.26. The number of hydrogen-bond acceptors (Lipinski definition) is 3. The number of aliphatic hydroxyl groups is 2. The maximum absolute atomic E-state index is 11.6. The molecule has 4 nitrogen and oxygen atoms in total. The van der Waals surface area contributed by atoms with E-state index in [9.17, 15) is 4.79 Å². The van der Waals surface area contributed by atoms with E-state index in [-0.39, 0.29) is 19.1 Å². The molecule has 0 atom stereocenters. The average molecular weight is 215 g/mol. The summed E-state index contributed by atoms with van der Waals surface area (Å²) in [6.07, 6.45) is 5.21. The highest BCUT2D eigenvalue weighted by molar-refractivity contribution is 5.77. The molecule has 1 rings (SSSR count). The summed E-state index contributed by atoms with van der Waals surface area (Å²) in [5, 5.41) is 20.7. The number of aliphatic hydroxyl groups excluding tert-OH is 2. The van der Waals surface area contributed by atoms with Gasteiger partial charge in [0.15, 0.2) is 0 Å². The summed E-state index contributed by atoms with van der Waals surface area (Å²) >= 11 is 0. The Kier molecular flexibility index (Phi) is 4.54. The first-order chi connectivity index (χ1) is 7.09. The van der Waals surface area contributed by atoms with Gasteiger partial charge in [0.25, 0.3) is 0 Å². The topological polar surface area (TPSA) is 69.6 Å². The lowest BCUT2D eigenvalue weighted by atomic mass is 10.0. The maximum Gasteiger partial charge on any atom is 0.220 e. The van der Waals surface area contributed by atoms with E-state index in [4.69, 9.17) is 10.2 Å². The Labute approximate surface area is 90.7 Å². The minimum absolute atomic E-state index is 0.0625. The molecular formula is C11H21NO3. The number of hydrogen-bond donors (Lipinski definition) is 3. The van der Waals surface area contributed by atoms with Gasteiger partial charge in [-0.2, -0.15) is 0 Å². The number of carbonyl (C=O) groups excluding carboxylic acids is 1. The van der Waals surface area contributed by atoms with E-state index in [1.807, 2.05) is 0 Å². The molecule has 1 amide bonds. The zero-order valence-electron chi connectivity index (χ0n) is 9.33. The Bertz CT molecular complexity index is 208. The fourth-order valence-corrected chi connectivity index (χ4v) is 1.99. The van der Waals surface area contributed by atoms with Gasteiger partial charge in [-0.1, -0.05) is 12.8 Å². The van der Waals surface area contributed by atoms with Crippen molar-refractivity contribution in [3.05, 3.63) is 0 Å². The molecule has 0 saturated heterocycles. The highest BCUT2D eigenvalue weighted by Crippen LogP contribution is 2.27. The van der Waals surface area contributed by atoms with Crippen LogP contribution in [-0.4, -0.2) is 34.9 Å². The molecule has 0 bridgehead atoms. The predicted molar refractivity (Wildman–Crippen MR) is 57.3 cm³/mol. The molecule has 0 radical (unpaired) electrons. The summed E-state index contributed by atoms with van der Waals surface area (Å²) < 4.78 is 0. The lowest BCUT2D eigenvalue weighted by molar-refractivity contribution is -0.125. The van der Waals surface area contributed by atoms with Crippen molar-refractivity contribution < 1.29 is 15.0 Å². The summed E-state index contributed by atoms with van der Waals surface area (Å²) in [5.41, 5.74) is -0.879. The molecule has 1 aliphatic carbocycles. The molecule has 1 aliphatic rings. The second-order valence-electron chi connectivity index (χ2n) is 4.78. The van der Waals surface area contributed by atoms with Crippen LogP contribution in [0, 0.1) is 5.92 Å². The Morgan fingerprint density at radius 2 is 1.87 bits per heavy atom. The number of carbonyl (C=O) groups is 1. The minimum Gasteiger partial charge on any atom is -0.394 e. The van der Waals surface area contributed by atoms with E-state index in [0.717, 1.165) is 12.8 Å². The molecule has 1 fully saturated rings. The van der Waals surface area contributed by atoms with Gasteiger partial charge < -0.3 is 15.5 Å². The molecule has 0 unspecified atom stereocenters. The number of nitrogens with one attached hydrogen (secondary N) is 1. The van der Waals surface area contributed by atoms with E-state index in [1.165, 1.54) is 12.8 Å². The van der Waals surface area contributed by atoms with Gasteiger partial charge in [-0.05, 0) is 25.7 Å². The van der Waals surface area contributed by atoms with E-state index in [1.54, 1.807) is 6.92 Å². The molecule has 0 aromatic rings. The third-order valence-electron chi connectivity index (χ3n) is 3.09. The van der Waals surface area contributed by atoms with Crippen LogP contribution in [0.2, 0.25) is 0 Å². The van der Waals surface area contributed by atoms with E-state index in [0.29, 0.717) is 12.3 Å². The quantitative estimate of drug-likeness (QED) is 0.622. The minimum atomic E-state index is -0.879. The van der Waals surface area contributed by atoms with Crippen molar-refractivity contribution in [3.8, 4) is 0 Å². The zero-order chi connectivity index (χ0) is 11.3. The maximum atomic E-state index is 11.6. The Balaban J connectivity index is 2.33. The number of amides is 1. The molecule has 0 heterocycles. The third-order valence-corrected chi connectivity index (χ3v) is 3.09. The molecular weight excluding hydrogens is 194 g/mol. The fraction of sp³-hybridized carbons (Fsp3) is 0.909. The lowest BCUT2D eigenvalue weighted by Gasteiger charge is -2.26. The van der Waals surface area contributed by atoms with Gasteiger partial charge in [0.1, 0.15) is 0 Å². The van der Waals surface area contributed by atoms with Crippen LogP contribution >= 0.6 is 0 Å². The van der Waals surface area contributed by atoms with Gasteiger partial charge in [0, 0.05) is 6.42 Å². The molecule has 0 aromatic heterocycles. The van der Waals surface area contributed by atoms with Crippen molar-refractivity contribution in [2.75, 3.05) is 13.2 Å². The zero-order valence-corrected chi connectivity index (χ0v) is 9.33. The first-order valence-electron chi connectivity index (χ1n) is 5.62. The molecule has 0 aromatic carbocycles. The van der Waals surface area contributed by atoms with Crippen LogP contribution in [0.3, 0.4) is 0 Å². The normalized spacial score (nSPS) is 18.1. The summed E-state index contributed by atoms with van der Waals surface area (Å²) in [7, 11) is 0. The van der Waals surface area contributed by atoms with Crippen LogP contribution in [0.15, 0.2) is 0 Å². The van der Waals surface area contributed by atoms with Gasteiger partial charge in [-0.25, -0.2) is 0 Å². The second-order valence-corrected chi connectivity index (χ2v) is 4.78. The van der Waals surface area contributed by atoms with Crippen molar-refractivity contribution >= 4 is 5.91 Å². The van der Waals surface area contributed by atoms with Crippen molar-refractivity contribution in [2.45, 2.75) is 44.6 Å². The van der Waals surface area contributed by atoms with Crippen LogP contribution in [0.5, 0.6) is 0 Å². The van der Waals surface area contributed by atoms with Gasteiger partial charge in [0.2, 0.25) is 5.91 Å². The largest absolute Gasteiger partial charge is 0.394 e. The molecule has 4 heteroatoms. The Hall–Kier alpha value is -0.610. The smallest absolute Gasteiger partial charge is 0.220 e. The average Bonchev–Trinajstić information content (AvgIpc) is 2.70. The number of rotatable bonds is 5. The standard InChI is InChI=1S/C11H21NO3/c1-11(7-13,8-14)12-10(15)6-9-4-2-3-5-9/h9,13-14H,2-8H2,1H3,(H,12,15). The summed E-state index contributed by atoms with van der Waals surface area (Å²) in [5.74, 6) is 0.430. The van der Waals surface area contributed by atoms with E-state index >= 15 is 0 Å². The van der Waals surface area contributed by atoms with Crippen LogP contribution in [0.4, 0.5) is 0 Å². The van der Waals surface area contributed by atoms with Gasteiger partial charge in [0.05, 0.1) is 18.8 Å². The monoisotopic (exact) mass is 215 g/mol. The molecule has 0 spiro atoms. The first kappa shape index (κ1) is 12.5. The van der Waals surface area contributed by atoms with Crippen LogP contribution in [-0.2, 0) is 4.79 Å². The van der Waals surface area contributed by atoms with Crippen molar-refractivity contribution in [1.82, 2.24) is 5.32 Å². The van der Waals surface area contributed by atoms with E-state index < -0.39 is 5.54 Å².